The van der Waals surface area contributed by atoms with E-state index in [2.05, 4.69) is 0 Å². The average molecular weight is 232 g/mol. The summed E-state index contributed by atoms with van der Waals surface area (Å²) in [4.78, 5) is 9.76. The predicted molar refractivity (Wildman–Crippen MR) is 55.4 cm³/mol. The maximum Gasteiger partial charge on any atom is 0.151 e. The largest absolute Gasteiger partial charge is 0.497 e. The van der Waals surface area contributed by atoms with E-state index in [-0.39, 0.29) is 6.29 Å². The Morgan fingerprint density at radius 2 is 2.00 bits per heavy atom. The van der Waals surface area contributed by atoms with Gasteiger partial charge in [-0.3, -0.25) is 0 Å². The van der Waals surface area contributed by atoms with Gasteiger partial charge in [-0.05, 0) is 12.2 Å². The third kappa shape index (κ3) is 6.31. The molecule has 0 aromatic heterocycles. The van der Waals surface area contributed by atoms with Crippen LogP contribution in [0, 0.1) is 0 Å². The van der Waals surface area contributed by atoms with Gasteiger partial charge >= 0.3 is 0 Å². The van der Waals surface area contributed by atoms with Crippen molar-refractivity contribution in [3.05, 3.63) is 24.5 Å². The lowest BCUT2D eigenvalue weighted by molar-refractivity contribution is -0.127. The highest BCUT2D eigenvalue weighted by Crippen LogP contribution is 1.96. The summed E-state index contributed by atoms with van der Waals surface area (Å²) in [5, 5.41) is 34.1. The van der Waals surface area contributed by atoms with Gasteiger partial charge in [0.25, 0.3) is 0 Å². The van der Waals surface area contributed by atoms with Gasteiger partial charge in [0.05, 0.1) is 12.9 Å². The first-order chi connectivity index (χ1) is 7.63. The number of carbonyl (C=O) groups is 1. The third-order valence-corrected chi connectivity index (χ3v) is 1.69. The number of carbonyl (C=O) groups excluding carboxylic acids is 1. The molecule has 3 unspecified atom stereocenters. The van der Waals surface area contributed by atoms with Gasteiger partial charge in [0, 0.05) is 0 Å². The highest BCUT2D eigenvalue weighted by molar-refractivity contribution is 5.56. The third-order valence-electron chi connectivity index (χ3n) is 1.69. The highest BCUT2D eigenvalue weighted by atomic mass is 16.5. The van der Waals surface area contributed by atoms with Crippen molar-refractivity contribution in [2.24, 2.45) is 0 Å². The van der Waals surface area contributed by atoms with Gasteiger partial charge in [-0.2, -0.15) is 0 Å². The molecule has 3 atom stereocenters. The van der Waals surface area contributed by atoms with Gasteiger partial charge in [-0.15, -0.1) is 0 Å². The Balaban J connectivity index is 0.000000315. The number of allylic oxidation sites excluding steroid dienone is 2. The van der Waals surface area contributed by atoms with Crippen molar-refractivity contribution in [3.63, 3.8) is 0 Å². The molecule has 0 saturated carbocycles. The number of rotatable bonds is 4. The first kappa shape index (κ1) is 14.8. The lowest BCUT2D eigenvalue weighted by atomic mass is 10.1. The molecule has 0 aromatic carbocycles. The quantitative estimate of drug-likeness (QED) is 0.432. The van der Waals surface area contributed by atoms with Gasteiger partial charge in [0.2, 0.25) is 0 Å². The standard InChI is InChI=1S/C5H10O5.C5H6O/c6-1-3(8)5(10)4(9)2-7;1-2-4-6-5-3-1/h1,3-5,7-10H,2H2;1-4H,5H2. The molecule has 1 heterocycles. The molecule has 0 aliphatic carbocycles. The zero-order valence-corrected chi connectivity index (χ0v) is 8.64. The van der Waals surface area contributed by atoms with Crippen LogP contribution in [0.4, 0.5) is 0 Å². The molecular formula is C10H16O6. The molecule has 1 aliphatic rings. The van der Waals surface area contributed by atoms with Gasteiger partial charge in [-0.1, -0.05) is 6.08 Å². The smallest absolute Gasteiger partial charge is 0.151 e. The first-order valence-electron chi connectivity index (χ1n) is 4.67. The zero-order chi connectivity index (χ0) is 12.4. The van der Waals surface area contributed by atoms with Crippen molar-refractivity contribution >= 4 is 6.29 Å². The minimum absolute atomic E-state index is 0.0869. The van der Waals surface area contributed by atoms with E-state index in [1.165, 1.54) is 0 Å². The average Bonchev–Trinajstić information content (AvgIpc) is 2.38. The summed E-state index contributed by atoms with van der Waals surface area (Å²) in [6.45, 7) is 0.0442. The molecule has 0 aromatic rings. The maximum atomic E-state index is 9.76. The normalized spacial score (nSPS) is 18.8. The van der Waals surface area contributed by atoms with E-state index in [0.29, 0.717) is 0 Å². The van der Waals surface area contributed by atoms with Crippen LogP contribution in [0.2, 0.25) is 0 Å². The Kier molecular flexibility index (Phi) is 8.36. The molecular weight excluding hydrogens is 216 g/mol. The Bertz CT molecular complexity index is 225. The van der Waals surface area contributed by atoms with Crippen molar-refractivity contribution in [1.29, 1.82) is 0 Å². The molecule has 0 saturated heterocycles. The van der Waals surface area contributed by atoms with Crippen LogP contribution < -0.4 is 0 Å². The van der Waals surface area contributed by atoms with E-state index in [4.69, 9.17) is 25.2 Å². The van der Waals surface area contributed by atoms with Crippen LogP contribution in [0.15, 0.2) is 24.5 Å². The van der Waals surface area contributed by atoms with Crippen molar-refractivity contribution in [2.75, 3.05) is 13.2 Å². The second kappa shape index (κ2) is 9.05. The lowest BCUT2D eigenvalue weighted by Gasteiger charge is -2.16. The number of aldehydes is 1. The molecule has 4 N–H and O–H groups in total. The van der Waals surface area contributed by atoms with Crippen molar-refractivity contribution in [3.8, 4) is 0 Å². The second-order valence-electron chi connectivity index (χ2n) is 2.96. The van der Waals surface area contributed by atoms with Crippen LogP contribution in [-0.4, -0.2) is 58.2 Å². The summed E-state index contributed by atoms with van der Waals surface area (Å²) in [5.74, 6) is 0. The SMILES string of the molecule is C1=CCOC=C1.O=CC(O)C(O)C(O)CO. The van der Waals surface area contributed by atoms with E-state index in [9.17, 15) is 4.79 Å². The zero-order valence-electron chi connectivity index (χ0n) is 8.64. The molecule has 16 heavy (non-hydrogen) atoms. The minimum Gasteiger partial charge on any atom is -0.497 e. The molecule has 92 valence electrons. The number of hydrogen-bond acceptors (Lipinski definition) is 6. The predicted octanol–water partition coefficient (Wildman–Crippen LogP) is -1.65. The van der Waals surface area contributed by atoms with E-state index >= 15 is 0 Å². The number of ether oxygens (including phenoxy) is 1. The number of hydrogen-bond donors (Lipinski definition) is 4. The van der Waals surface area contributed by atoms with Crippen LogP contribution in [-0.2, 0) is 9.53 Å². The van der Waals surface area contributed by atoms with Gasteiger partial charge in [0.15, 0.2) is 6.29 Å². The summed E-state index contributed by atoms with van der Waals surface area (Å²) >= 11 is 0. The fraction of sp³-hybridized carbons (Fsp3) is 0.500. The first-order valence-corrected chi connectivity index (χ1v) is 4.67. The Labute approximate surface area is 93.1 Å². The molecule has 0 fully saturated rings. The summed E-state index contributed by atoms with van der Waals surface area (Å²) in [7, 11) is 0. The molecule has 1 aliphatic heterocycles. The van der Waals surface area contributed by atoms with Crippen LogP contribution in [0.5, 0.6) is 0 Å². The second-order valence-corrected chi connectivity index (χ2v) is 2.96. The number of aliphatic hydroxyl groups excluding tert-OH is 4. The maximum absolute atomic E-state index is 9.76. The Hall–Kier alpha value is -1.21. The lowest BCUT2D eigenvalue weighted by Crippen LogP contribution is -2.40. The molecule has 1 rings (SSSR count). The fourth-order valence-electron chi connectivity index (χ4n) is 0.762. The topological polar surface area (TPSA) is 107 Å². The monoisotopic (exact) mass is 232 g/mol. The van der Waals surface area contributed by atoms with E-state index < -0.39 is 24.9 Å². The summed E-state index contributed by atoms with van der Waals surface area (Å²) in [5.41, 5.74) is 0. The van der Waals surface area contributed by atoms with E-state index in [0.717, 1.165) is 6.61 Å². The van der Waals surface area contributed by atoms with Crippen LogP contribution in [0.25, 0.3) is 0 Å². The Morgan fingerprint density at radius 1 is 1.31 bits per heavy atom. The summed E-state index contributed by atoms with van der Waals surface area (Å²) in [6, 6.07) is 0. The van der Waals surface area contributed by atoms with Crippen LogP contribution in [0.3, 0.4) is 0 Å². The molecule has 0 spiro atoms. The van der Waals surface area contributed by atoms with Crippen molar-refractivity contribution in [2.45, 2.75) is 18.3 Å². The van der Waals surface area contributed by atoms with Gasteiger partial charge in [-0.25, -0.2) is 0 Å². The molecule has 6 heteroatoms. The molecule has 0 bridgehead atoms. The minimum atomic E-state index is -1.64. The van der Waals surface area contributed by atoms with Crippen LogP contribution in [0.1, 0.15) is 0 Å². The van der Waals surface area contributed by atoms with Gasteiger partial charge in [0.1, 0.15) is 24.9 Å². The highest BCUT2D eigenvalue weighted by Gasteiger charge is 2.22. The molecule has 0 radical (unpaired) electrons. The summed E-state index contributed by atoms with van der Waals surface area (Å²) in [6.07, 6.45) is 2.83. The van der Waals surface area contributed by atoms with Crippen LogP contribution >= 0.6 is 0 Å². The molecule has 0 amide bonds. The Morgan fingerprint density at radius 3 is 2.25 bits per heavy atom. The molecule has 6 nitrogen and oxygen atoms in total. The van der Waals surface area contributed by atoms with E-state index in [1.807, 2.05) is 18.2 Å². The fourth-order valence-corrected chi connectivity index (χ4v) is 0.762. The van der Waals surface area contributed by atoms with Gasteiger partial charge < -0.3 is 30.0 Å². The van der Waals surface area contributed by atoms with Crippen molar-refractivity contribution in [1.82, 2.24) is 0 Å². The van der Waals surface area contributed by atoms with Crippen molar-refractivity contribution < 1.29 is 30.0 Å². The number of aliphatic hydroxyl groups is 4. The summed E-state index contributed by atoms with van der Waals surface area (Å²) < 4.78 is 4.80. The van der Waals surface area contributed by atoms with E-state index in [1.54, 1.807) is 6.26 Å².